The van der Waals surface area contributed by atoms with E-state index in [9.17, 15) is 9.59 Å². The molecular weight excluding hydrogens is 981 g/mol. The zero-order chi connectivity index (χ0) is 54.5. The highest BCUT2D eigenvalue weighted by atomic mass is 16.5. The number of amides is 3. The summed E-state index contributed by atoms with van der Waals surface area (Å²) < 4.78 is 28.2. The van der Waals surface area contributed by atoms with E-state index in [0.29, 0.717) is 137 Å². The number of rotatable bonds is 24. The normalized spacial score (nSPS) is 12.3. The lowest BCUT2D eigenvalue weighted by Gasteiger charge is -2.31. The van der Waals surface area contributed by atoms with Crippen molar-refractivity contribution in [3.05, 3.63) is 166 Å². The second kappa shape index (κ2) is 23.5. The summed E-state index contributed by atoms with van der Waals surface area (Å²) in [6, 6.07) is 36.9. The Kier molecular flexibility index (Phi) is 15.9. The number of ether oxygens (including phenoxy) is 4. The molecule has 9 aromatic rings. The van der Waals surface area contributed by atoms with Crippen molar-refractivity contribution in [2.75, 3.05) is 39.3 Å². The van der Waals surface area contributed by atoms with E-state index in [1.807, 2.05) is 111 Å². The number of hydrogen-bond donors (Lipinski definition) is 5. The standard InChI is InChI=1S/C64H64N6O8/c1-3-5-31-69-62(72)47-34-51(76-44-17-9-39(10-18-44)24-28-66)57-59-53(78-46-21-13-41(14-22-46)26-30-68)36-49-55-48(63(73)70(64(49)74)32-6-4-2)35-52(77-45-19-11-40(12-20-45)25-29-67)58(61(55)59)56-50(33-42(37-71)54(47)60(56)57)75-43-15-7-38(8-16-43)23-27-65/h7-22,33-37H,3-6,23-32,65-68H2,1-2H3,(H,69,72). The first-order valence-corrected chi connectivity index (χ1v) is 26.9. The number of nitrogens with zero attached hydrogens (tertiary/aromatic N) is 1. The Morgan fingerprint density at radius 1 is 0.474 bits per heavy atom. The molecular formula is C64H64N6O8. The maximum Gasteiger partial charge on any atom is 0.261 e. The monoisotopic (exact) mass is 1040 g/mol. The van der Waals surface area contributed by atoms with Crippen LogP contribution in [0.3, 0.4) is 0 Å². The Labute approximate surface area is 452 Å². The highest BCUT2D eigenvalue weighted by molar-refractivity contribution is 6.43. The van der Waals surface area contributed by atoms with Gasteiger partial charge in [0.25, 0.3) is 17.7 Å². The van der Waals surface area contributed by atoms with Gasteiger partial charge >= 0.3 is 0 Å². The summed E-state index contributed by atoms with van der Waals surface area (Å²) >= 11 is 0. The fourth-order valence-corrected chi connectivity index (χ4v) is 10.6. The van der Waals surface area contributed by atoms with Gasteiger partial charge in [-0.3, -0.25) is 24.1 Å². The fraction of sp³-hybridized carbons (Fsp3) is 0.250. The van der Waals surface area contributed by atoms with Crippen LogP contribution in [-0.4, -0.2) is 68.2 Å². The van der Waals surface area contributed by atoms with Gasteiger partial charge in [-0.1, -0.05) is 75.2 Å². The van der Waals surface area contributed by atoms with E-state index in [1.165, 1.54) is 4.90 Å². The van der Waals surface area contributed by atoms with Crippen molar-refractivity contribution in [3.8, 4) is 46.0 Å². The highest BCUT2D eigenvalue weighted by Gasteiger charge is 2.39. The molecule has 0 radical (unpaired) electrons. The van der Waals surface area contributed by atoms with Crippen LogP contribution < -0.4 is 47.2 Å². The van der Waals surface area contributed by atoms with Gasteiger partial charge in [0, 0.05) is 61.7 Å². The molecule has 9 N–H and O–H groups in total. The van der Waals surface area contributed by atoms with Crippen LogP contribution in [0.4, 0.5) is 0 Å². The molecule has 0 bridgehead atoms. The molecule has 0 spiro atoms. The predicted octanol–water partition coefficient (Wildman–Crippen LogP) is 11.6. The van der Waals surface area contributed by atoms with E-state index in [4.69, 9.17) is 41.9 Å². The molecule has 0 saturated heterocycles. The Hall–Kier alpha value is -8.40. The lowest BCUT2D eigenvalue weighted by Crippen LogP contribution is -2.41. The fourth-order valence-electron chi connectivity index (χ4n) is 10.6. The summed E-state index contributed by atoms with van der Waals surface area (Å²) in [5.74, 6) is 1.30. The van der Waals surface area contributed by atoms with E-state index in [2.05, 4.69) is 5.32 Å². The van der Waals surface area contributed by atoms with E-state index < -0.39 is 17.7 Å². The first-order valence-electron chi connectivity index (χ1n) is 26.9. The molecule has 78 heavy (non-hydrogen) atoms. The van der Waals surface area contributed by atoms with Crippen LogP contribution in [-0.2, 0) is 25.7 Å². The van der Waals surface area contributed by atoms with Gasteiger partial charge in [0.1, 0.15) is 46.0 Å². The zero-order valence-corrected chi connectivity index (χ0v) is 44.0. The number of aldehydes is 1. The number of carbonyl (C=O) groups is 4. The van der Waals surface area contributed by atoms with Gasteiger partial charge in [-0.05, 0) is 160 Å². The molecule has 0 unspecified atom stereocenters. The minimum absolute atomic E-state index is 0.157. The van der Waals surface area contributed by atoms with Crippen LogP contribution in [0.25, 0.3) is 43.1 Å². The van der Waals surface area contributed by atoms with Gasteiger partial charge in [0.15, 0.2) is 6.29 Å². The summed E-state index contributed by atoms with van der Waals surface area (Å²) in [6.45, 7) is 6.41. The van der Waals surface area contributed by atoms with Gasteiger partial charge < -0.3 is 47.2 Å². The summed E-state index contributed by atoms with van der Waals surface area (Å²) in [5, 5.41) is 6.31. The SMILES string of the molecule is CCCCNC(=O)c1cc(Oc2ccc(CCN)cc2)c2c3c(Oc4ccc(CCN)cc4)cc4c5c(cc(Oc6ccc(CCN)cc6)c(c6c(Oc7ccc(CCN)cc7)cc(C=O)c1c62)c53)C(=O)N(CCCC)C4=O. The summed E-state index contributed by atoms with van der Waals surface area (Å²) in [7, 11) is 0. The second-order valence-electron chi connectivity index (χ2n) is 19.7. The predicted molar refractivity (Wildman–Crippen MR) is 308 cm³/mol. The average molecular weight is 1050 g/mol. The Balaban J connectivity index is 1.43. The average Bonchev–Trinajstić information content (AvgIpc) is 3.22. The van der Waals surface area contributed by atoms with Crippen LogP contribution in [0.5, 0.6) is 46.0 Å². The molecule has 9 aromatic carbocycles. The van der Waals surface area contributed by atoms with Gasteiger partial charge in [-0.2, -0.15) is 0 Å². The van der Waals surface area contributed by atoms with Crippen molar-refractivity contribution < 1.29 is 38.1 Å². The maximum atomic E-state index is 15.2. The molecule has 1 aliphatic rings. The van der Waals surface area contributed by atoms with Crippen LogP contribution in [0.15, 0.2) is 121 Å². The number of nitrogens with two attached hydrogens (primary N) is 4. The van der Waals surface area contributed by atoms with Gasteiger partial charge in [0.05, 0.1) is 16.7 Å². The molecule has 10 rings (SSSR count). The number of hydrogen-bond acceptors (Lipinski definition) is 12. The second-order valence-corrected chi connectivity index (χ2v) is 19.7. The van der Waals surface area contributed by atoms with E-state index in [-0.39, 0.29) is 51.8 Å². The van der Waals surface area contributed by atoms with Crippen LogP contribution >= 0.6 is 0 Å². The van der Waals surface area contributed by atoms with Crippen LogP contribution in [0.2, 0.25) is 0 Å². The third-order valence-electron chi connectivity index (χ3n) is 14.4. The number of nitrogens with one attached hydrogen (secondary N) is 1. The highest BCUT2D eigenvalue weighted by Crippen LogP contribution is 2.57. The Bertz CT molecular complexity index is 3430. The molecule has 398 valence electrons. The minimum atomic E-state index is -0.486. The summed E-state index contributed by atoms with van der Waals surface area (Å²) in [5.41, 5.74) is 28.6. The number of carbonyl (C=O) groups excluding carboxylic acids is 4. The van der Waals surface area contributed by atoms with Crippen molar-refractivity contribution in [3.63, 3.8) is 0 Å². The molecule has 0 aromatic heterocycles. The molecule has 14 nitrogen and oxygen atoms in total. The van der Waals surface area contributed by atoms with Crippen LogP contribution in [0.1, 0.15) is 103 Å². The summed E-state index contributed by atoms with van der Waals surface area (Å²) in [6.07, 6.45) is 6.16. The maximum absolute atomic E-state index is 15.2. The third kappa shape index (κ3) is 10.3. The molecule has 3 amide bonds. The molecule has 1 aliphatic heterocycles. The van der Waals surface area contributed by atoms with E-state index >= 15 is 9.59 Å². The molecule has 0 saturated carbocycles. The zero-order valence-electron chi connectivity index (χ0n) is 44.0. The first-order chi connectivity index (χ1) is 38.1. The first kappa shape index (κ1) is 53.0. The summed E-state index contributed by atoms with van der Waals surface area (Å²) in [4.78, 5) is 60.5. The quantitative estimate of drug-likeness (QED) is 0.0125. The Morgan fingerprint density at radius 3 is 1.19 bits per heavy atom. The van der Waals surface area contributed by atoms with Crippen molar-refractivity contribution >= 4 is 67.1 Å². The third-order valence-corrected chi connectivity index (χ3v) is 14.4. The largest absolute Gasteiger partial charge is 0.457 e. The van der Waals surface area contributed by atoms with Crippen molar-refractivity contribution in [1.82, 2.24) is 10.2 Å². The molecule has 0 atom stereocenters. The van der Waals surface area contributed by atoms with Crippen molar-refractivity contribution in [2.24, 2.45) is 22.9 Å². The van der Waals surface area contributed by atoms with Crippen molar-refractivity contribution in [1.29, 1.82) is 0 Å². The topological polar surface area (TPSA) is 225 Å². The molecule has 0 fully saturated rings. The lowest BCUT2D eigenvalue weighted by atomic mass is 9.81. The van der Waals surface area contributed by atoms with E-state index in [0.717, 1.165) is 41.4 Å². The molecule has 0 aliphatic carbocycles. The molecule has 1 heterocycles. The van der Waals surface area contributed by atoms with Gasteiger partial charge in [-0.25, -0.2) is 0 Å². The van der Waals surface area contributed by atoms with Gasteiger partial charge in [0.2, 0.25) is 0 Å². The minimum Gasteiger partial charge on any atom is -0.457 e. The number of imide groups is 1. The Morgan fingerprint density at radius 2 is 0.833 bits per heavy atom. The van der Waals surface area contributed by atoms with Crippen molar-refractivity contribution in [2.45, 2.75) is 65.2 Å². The number of unbranched alkanes of at least 4 members (excludes halogenated alkanes) is 2. The van der Waals surface area contributed by atoms with Crippen LogP contribution in [0, 0.1) is 0 Å². The lowest BCUT2D eigenvalue weighted by molar-refractivity contribution is 0.0607. The molecule has 14 heteroatoms. The smallest absolute Gasteiger partial charge is 0.261 e. The van der Waals surface area contributed by atoms with E-state index in [1.54, 1.807) is 24.3 Å². The number of fused-ring (bicyclic) bond motifs is 2. The number of benzene rings is 9. The van der Waals surface area contributed by atoms with Gasteiger partial charge in [-0.15, -0.1) is 0 Å².